The van der Waals surface area contributed by atoms with Gasteiger partial charge < -0.3 is 10.2 Å². The first-order valence-electron chi connectivity index (χ1n) is 5.08. The van der Waals surface area contributed by atoms with Crippen LogP contribution in [0.3, 0.4) is 0 Å². The molecule has 0 saturated heterocycles. The Morgan fingerprint density at radius 1 is 0.917 bits per heavy atom. The van der Waals surface area contributed by atoms with Crippen LogP contribution in [0, 0.1) is 5.92 Å². The molecule has 0 spiro atoms. The highest BCUT2D eigenvalue weighted by Gasteiger charge is 2.14. The Labute approximate surface area is 75.6 Å². The van der Waals surface area contributed by atoms with Crippen molar-refractivity contribution in [3.63, 3.8) is 0 Å². The Kier molecular flexibility index (Phi) is 7.51. The predicted octanol–water partition coefficient (Wildman–Crippen LogP) is 2.29. The van der Waals surface area contributed by atoms with Crippen molar-refractivity contribution in [2.75, 3.05) is 0 Å². The predicted molar refractivity (Wildman–Crippen MR) is 50.8 cm³/mol. The molecule has 0 aromatic heterocycles. The zero-order chi connectivity index (χ0) is 9.40. The van der Waals surface area contributed by atoms with Crippen LogP contribution in [-0.4, -0.2) is 16.5 Å². The highest BCUT2D eigenvalue weighted by Crippen LogP contribution is 2.18. The van der Waals surface area contributed by atoms with Crippen molar-refractivity contribution in [1.29, 1.82) is 0 Å². The van der Waals surface area contributed by atoms with Gasteiger partial charge in [-0.1, -0.05) is 39.5 Å². The van der Waals surface area contributed by atoms with E-state index >= 15 is 0 Å². The maximum Gasteiger partial charge on any atom is 0.154 e. The number of unbranched alkanes of at least 4 members (excludes halogenated alkanes) is 2. The summed E-state index contributed by atoms with van der Waals surface area (Å²) in [5.41, 5.74) is 0. The third kappa shape index (κ3) is 5.56. The summed E-state index contributed by atoms with van der Waals surface area (Å²) in [4.78, 5) is 0. The van der Waals surface area contributed by atoms with Gasteiger partial charge in [0.1, 0.15) is 0 Å². The largest absolute Gasteiger partial charge is 0.368 e. The monoisotopic (exact) mass is 174 g/mol. The fraction of sp³-hybridized carbons (Fsp3) is 1.00. The molecule has 0 bridgehead atoms. The van der Waals surface area contributed by atoms with E-state index in [9.17, 15) is 0 Å². The summed E-state index contributed by atoms with van der Waals surface area (Å²) in [6.45, 7) is 4.25. The summed E-state index contributed by atoms with van der Waals surface area (Å²) in [6, 6.07) is 0. The van der Waals surface area contributed by atoms with Gasteiger partial charge in [-0.2, -0.15) is 0 Å². The van der Waals surface area contributed by atoms with Gasteiger partial charge in [-0.15, -0.1) is 0 Å². The lowest BCUT2D eigenvalue weighted by atomic mass is 9.95. The molecule has 0 unspecified atom stereocenters. The second kappa shape index (κ2) is 7.56. The third-order valence-corrected chi connectivity index (χ3v) is 2.28. The van der Waals surface area contributed by atoms with Crippen molar-refractivity contribution in [2.24, 2.45) is 5.92 Å². The molecule has 0 aliphatic heterocycles. The van der Waals surface area contributed by atoms with Crippen LogP contribution in [-0.2, 0) is 0 Å². The van der Waals surface area contributed by atoms with Gasteiger partial charge in [-0.25, -0.2) is 0 Å². The molecule has 0 atom stereocenters. The van der Waals surface area contributed by atoms with Gasteiger partial charge >= 0.3 is 0 Å². The van der Waals surface area contributed by atoms with Crippen LogP contribution in [0.15, 0.2) is 0 Å². The van der Waals surface area contributed by atoms with Crippen molar-refractivity contribution < 1.29 is 10.2 Å². The van der Waals surface area contributed by atoms with Gasteiger partial charge in [0.05, 0.1) is 0 Å². The van der Waals surface area contributed by atoms with E-state index in [1.165, 1.54) is 0 Å². The Bertz CT molecular complexity index is 83.8. The lowest BCUT2D eigenvalue weighted by Gasteiger charge is -2.17. The maximum absolute atomic E-state index is 9.02. The van der Waals surface area contributed by atoms with Crippen molar-refractivity contribution in [3.05, 3.63) is 0 Å². The van der Waals surface area contributed by atoms with Crippen LogP contribution in [0.4, 0.5) is 0 Å². The Morgan fingerprint density at radius 3 is 1.58 bits per heavy atom. The molecule has 0 radical (unpaired) electrons. The molecule has 0 aromatic carbocycles. The lowest BCUT2D eigenvalue weighted by Crippen LogP contribution is -2.19. The highest BCUT2D eigenvalue weighted by atomic mass is 16.5. The van der Waals surface area contributed by atoms with E-state index in [2.05, 4.69) is 13.8 Å². The normalized spacial score (nSPS) is 11.5. The molecule has 0 amide bonds. The van der Waals surface area contributed by atoms with E-state index < -0.39 is 6.29 Å². The summed E-state index contributed by atoms with van der Waals surface area (Å²) < 4.78 is 0. The number of hydrogen-bond donors (Lipinski definition) is 2. The standard InChI is InChI=1S/C10H22O2/c1-3-5-7-9(10(11)12)8-6-4-2/h9-12H,3-8H2,1-2H3. The molecule has 0 aliphatic carbocycles. The minimum Gasteiger partial charge on any atom is -0.368 e. The van der Waals surface area contributed by atoms with Crippen molar-refractivity contribution >= 4 is 0 Å². The molecular formula is C10H22O2. The van der Waals surface area contributed by atoms with Crippen LogP contribution in [0.1, 0.15) is 52.4 Å². The van der Waals surface area contributed by atoms with Crippen LogP contribution >= 0.6 is 0 Å². The van der Waals surface area contributed by atoms with E-state index in [1.807, 2.05) is 0 Å². The number of hydrogen-bond acceptors (Lipinski definition) is 2. The van der Waals surface area contributed by atoms with Gasteiger partial charge in [-0.3, -0.25) is 0 Å². The molecule has 0 rings (SSSR count). The first-order chi connectivity index (χ1) is 5.72. The Balaban J connectivity index is 3.55. The fourth-order valence-electron chi connectivity index (χ4n) is 1.38. The molecule has 0 saturated carbocycles. The van der Waals surface area contributed by atoms with E-state index in [4.69, 9.17) is 10.2 Å². The zero-order valence-corrected chi connectivity index (χ0v) is 8.29. The fourth-order valence-corrected chi connectivity index (χ4v) is 1.38. The SMILES string of the molecule is CCCCC(CCCC)C(O)O. The number of aliphatic hydroxyl groups excluding tert-OH is 1. The van der Waals surface area contributed by atoms with Crippen LogP contribution < -0.4 is 0 Å². The average Bonchev–Trinajstić information content (AvgIpc) is 2.04. The summed E-state index contributed by atoms with van der Waals surface area (Å²) in [7, 11) is 0. The summed E-state index contributed by atoms with van der Waals surface area (Å²) in [5, 5.41) is 18.0. The molecule has 2 N–H and O–H groups in total. The number of aliphatic hydroxyl groups is 2. The average molecular weight is 174 g/mol. The summed E-state index contributed by atoms with van der Waals surface area (Å²) in [5.74, 6) is 0.102. The van der Waals surface area contributed by atoms with E-state index in [-0.39, 0.29) is 5.92 Å². The Morgan fingerprint density at radius 2 is 1.33 bits per heavy atom. The van der Waals surface area contributed by atoms with Gasteiger partial charge in [-0.05, 0) is 12.8 Å². The molecular weight excluding hydrogens is 152 g/mol. The highest BCUT2D eigenvalue weighted by molar-refractivity contribution is 4.60. The molecule has 12 heavy (non-hydrogen) atoms. The molecule has 0 heterocycles. The van der Waals surface area contributed by atoms with Gasteiger partial charge in [0.2, 0.25) is 0 Å². The lowest BCUT2D eigenvalue weighted by molar-refractivity contribution is -0.0888. The van der Waals surface area contributed by atoms with Crippen molar-refractivity contribution in [1.82, 2.24) is 0 Å². The smallest absolute Gasteiger partial charge is 0.154 e. The first kappa shape index (κ1) is 11.9. The van der Waals surface area contributed by atoms with Gasteiger partial charge in [0.25, 0.3) is 0 Å². The van der Waals surface area contributed by atoms with Crippen LogP contribution in [0.5, 0.6) is 0 Å². The second-order valence-corrected chi connectivity index (χ2v) is 3.46. The molecule has 2 heteroatoms. The minimum atomic E-state index is -1.11. The minimum absolute atomic E-state index is 0.102. The first-order valence-corrected chi connectivity index (χ1v) is 5.08. The zero-order valence-electron chi connectivity index (χ0n) is 8.29. The molecule has 0 aromatic rings. The van der Waals surface area contributed by atoms with Crippen LogP contribution in [0.2, 0.25) is 0 Å². The summed E-state index contributed by atoms with van der Waals surface area (Å²) >= 11 is 0. The molecule has 74 valence electrons. The molecule has 0 fully saturated rings. The number of rotatable bonds is 7. The topological polar surface area (TPSA) is 40.5 Å². The maximum atomic E-state index is 9.02. The van der Waals surface area contributed by atoms with Gasteiger partial charge in [0, 0.05) is 5.92 Å². The van der Waals surface area contributed by atoms with Crippen molar-refractivity contribution in [2.45, 2.75) is 58.7 Å². The second-order valence-electron chi connectivity index (χ2n) is 3.46. The quantitative estimate of drug-likeness (QED) is 0.581. The third-order valence-electron chi connectivity index (χ3n) is 2.28. The molecule has 0 aliphatic rings. The van der Waals surface area contributed by atoms with Crippen LogP contribution in [0.25, 0.3) is 0 Å². The molecule has 2 nitrogen and oxygen atoms in total. The van der Waals surface area contributed by atoms with E-state index in [1.54, 1.807) is 0 Å². The van der Waals surface area contributed by atoms with E-state index in [0.29, 0.717) is 0 Å². The van der Waals surface area contributed by atoms with E-state index in [0.717, 1.165) is 38.5 Å². The Hall–Kier alpha value is -0.0800. The van der Waals surface area contributed by atoms with Gasteiger partial charge in [0.15, 0.2) is 6.29 Å². The summed E-state index contributed by atoms with van der Waals surface area (Å²) in [6.07, 6.45) is 5.27. The van der Waals surface area contributed by atoms with Crippen molar-refractivity contribution in [3.8, 4) is 0 Å².